The Labute approximate surface area is 329 Å². The number of benzene rings is 9. The summed E-state index contributed by atoms with van der Waals surface area (Å²) in [6.07, 6.45) is 0. The van der Waals surface area contributed by atoms with Gasteiger partial charge in [-0.25, -0.2) is 0 Å². The van der Waals surface area contributed by atoms with E-state index in [9.17, 15) is 0 Å². The predicted molar refractivity (Wildman–Crippen MR) is 241 cm³/mol. The molecule has 0 amide bonds. The zero-order chi connectivity index (χ0) is 37.1. The first-order chi connectivity index (χ1) is 27.6. The van der Waals surface area contributed by atoms with Crippen LogP contribution in [0.3, 0.4) is 0 Å². The van der Waals surface area contributed by atoms with E-state index in [0.29, 0.717) is 0 Å². The summed E-state index contributed by atoms with van der Waals surface area (Å²) in [5.41, 5.74) is 12.4. The van der Waals surface area contributed by atoms with Gasteiger partial charge in [-0.2, -0.15) is 0 Å². The predicted octanol–water partition coefficient (Wildman–Crippen LogP) is 15.2. The third-order valence-electron chi connectivity index (χ3n) is 12.3. The molecular weight excluding hydrogens is 697 g/mol. The summed E-state index contributed by atoms with van der Waals surface area (Å²) >= 11 is 1.91. The molecule has 0 fully saturated rings. The minimum absolute atomic E-state index is 0.117. The molecule has 0 spiro atoms. The van der Waals surface area contributed by atoms with Crippen molar-refractivity contribution in [3.8, 4) is 16.8 Å². The van der Waals surface area contributed by atoms with Crippen molar-refractivity contribution >= 4 is 91.9 Å². The van der Waals surface area contributed by atoms with Gasteiger partial charge in [0, 0.05) is 54.1 Å². The monoisotopic (exact) mass is 732 g/mol. The zero-order valence-electron chi connectivity index (χ0n) is 31.1. The van der Waals surface area contributed by atoms with E-state index in [2.05, 4.69) is 205 Å². The second kappa shape index (κ2) is 11.7. The number of anilines is 3. The molecule has 2 aromatic heterocycles. The minimum Gasteiger partial charge on any atom is -0.310 e. The molecule has 1 aliphatic carbocycles. The third kappa shape index (κ3) is 4.32. The Morgan fingerprint density at radius 3 is 1.98 bits per heavy atom. The lowest BCUT2D eigenvalue weighted by Crippen LogP contribution is -2.16. The summed E-state index contributed by atoms with van der Waals surface area (Å²) in [4.78, 5) is 2.49. The number of rotatable bonds is 4. The minimum atomic E-state index is -0.117. The van der Waals surface area contributed by atoms with Gasteiger partial charge in [-0.3, -0.25) is 0 Å². The number of para-hydroxylation sites is 1. The molecule has 0 saturated heterocycles. The highest BCUT2D eigenvalue weighted by molar-refractivity contribution is 7.27. The summed E-state index contributed by atoms with van der Waals surface area (Å²) in [6, 6.07) is 67.5. The smallest absolute Gasteiger partial charge is 0.0726 e. The maximum absolute atomic E-state index is 2.51. The summed E-state index contributed by atoms with van der Waals surface area (Å²) in [6.45, 7) is 4.74. The molecule has 12 rings (SSSR count). The van der Waals surface area contributed by atoms with Gasteiger partial charge in [0.2, 0.25) is 0 Å². The van der Waals surface area contributed by atoms with Crippen LogP contribution in [0, 0.1) is 0 Å². The van der Waals surface area contributed by atoms with E-state index in [1.165, 1.54) is 97.2 Å². The molecule has 0 bridgehead atoms. The van der Waals surface area contributed by atoms with E-state index in [1.54, 1.807) is 0 Å². The largest absolute Gasteiger partial charge is 0.310 e. The van der Waals surface area contributed by atoms with Gasteiger partial charge in [0.05, 0.1) is 21.4 Å². The maximum atomic E-state index is 2.51. The fourth-order valence-electron chi connectivity index (χ4n) is 9.81. The Balaban J connectivity index is 1.20. The Morgan fingerprint density at radius 2 is 1.12 bits per heavy atom. The molecule has 11 aromatic rings. The SMILES string of the molecule is CC1(C)c2ccccc2-c2ccc(N(c3ccc4c(c3)c3c5ccccc5c5c6ccccc6sc5c3n4-c3ccccc3)c3cccc4ccccc34)cc21. The molecule has 3 heteroatoms. The lowest BCUT2D eigenvalue weighted by atomic mass is 9.82. The van der Waals surface area contributed by atoms with Crippen LogP contribution in [0.4, 0.5) is 17.1 Å². The number of fused-ring (bicyclic) bond motifs is 14. The van der Waals surface area contributed by atoms with E-state index in [-0.39, 0.29) is 5.41 Å². The fourth-order valence-corrected chi connectivity index (χ4v) is 11.1. The van der Waals surface area contributed by atoms with Crippen LogP contribution >= 0.6 is 11.3 Å². The molecule has 2 heterocycles. The van der Waals surface area contributed by atoms with Crippen molar-refractivity contribution in [2.45, 2.75) is 19.3 Å². The third-order valence-corrected chi connectivity index (χ3v) is 13.5. The van der Waals surface area contributed by atoms with E-state index in [1.807, 2.05) is 11.3 Å². The van der Waals surface area contributed by atoms with Crippen molar-refractivity contribution in [3.63, 3.8) is 0 Å². The van der Waals surface area contributed by atoms with Crippen LogP contribution in [0.1, 0.15) is 25.0 Å². The standard InChI is InChI=1S/C53H36N2S/c1-53(2)44-24-12-10-20-38(44)39-29-27-36(32-45(39)53)54(46-25-14-16-33-15-6-7-19-37(33)46)35-28-30-47-43(31-35)49-40-21-8-9-22-41(40)50-42-23-11-13-26-48(42)56-52(50)51(49)55(47)34-17-4-3-5-18-34/h3-32H,1-2H3. The highest BCUT2D eigenvalue weighted by Crippen LogP contribution is 2.52. The molecule has 0 N–H and O–H groups in total. The van der Waals surface area contributed by atoms with Crippen molar-refractivity contribution in [3.05, 3.63) is 193 Å². The molecule has 0 saturated carbocycles. The average molecular weight is 733 g/mol. The first kappa shape index (κ1) is 31.6. The van der Waals surface area contributed by atoms with Crippen LogP contribution in [0.15, 0.2) is 182 Å². The highest BCUT2D eigenvalue weighted by atomic mass is 32.1. The molecule has 2 nitrogen and oxygen atoms in total. The fraction of sp³-hybridized carbons (Fsp3) is 0.0566. The Morgan fingerprint density at radius 1 is 0.482 bits per heavy atom. The molecule has 9 aromatic carbocycles. The summed E-state index contributed by atoms with van der Waals surface area (Å²) in [5, 5.41) is 10.2. The van der Waals surface area contributed by atoms with Gasteiger partial charge < -0.3 is 9.47 Å². The van der Waals surface area contributed by atoms with E-state index < -0.39 is 0 Å². The van der Waals surface area contributed by atoms with Crippen LogP contribution in [0.5, 0.6) is 0 Å². The highest BCUT2D eigenvalue weighted by Gasteiger charge is 2.36. The van der Waals surface area contributed by atoms with Gasteiger partial charge in [-0.15, -0.1) is 11.3 Å². The molecule has 0 aliphatic heterocycles. The van der Waals surface area contributed by atoms with Crippen LogP contribution in [0.25, 0.3) is 80.3 Å². The van der Waals surface area contributed by atoms with E-state index in [0.717, 1.165) is 11.4 Å². The van der Waals surface area contributed by atoms with Crippen LogP contribution in [-0.4, -0.2) is 4.57 Å². The van der Waals surface area contributed by atoms with E-state index >= 15 is 0 Å². The quantitative estimate of drug-likeness (QED) is 0.175. The molecule has 0 atom stereocenters. The maximum Gasteiger partial charge on any atom is 0.0726 e. The molecule has 0 unspecified atom stereocenters. The Hall–Kier alpha value is -6.68. The Kier molecular flexibility index (Phi) is 6.59. The van der Waals surface area contributed by atoms with Crippen molar-refractivity contribution in [2.24, 2.45) is 0 Å². The average Bonchev–Trinajstić information content (AvgIpc) is 3.88. The molecule has 264 valence electrons. The number of thiophene rings is 1. The van der Waals surface area contributed by atoms with Crippen molar-refractivity contribution in [1.29, 1.82) is 0 Å². The van der Waals surface area contributed by atoms with Crippen molar-refractivity contribution in [2.75, 3.05) is 4.90 Å². The molecule has 56 heavy (non-hydrogen) atoms. The van der Waals surface area contributed by atoms with Crippen molar-refractivity contribution in [1.82, 2.24) is 4.57 Å². The van der Waals surface area contributed by atoms with Gasteiger partial charge in [-0.1, -0.05) is 141 Å². The summed E-state index contributed by atoms with van der Waals surface area (Å²) in [5.74, 6) is 0. The number of nitrogens with zero attached hydrogens (tertiary/aromatic N) is 2. The van der Waals surface area contributed by atoms with Gasteiger partial charge in [-0.05, 0) is 93.0 Å². The first-order valence-electron chi connectivity index (χ1n) is 19.4. The lowest BCUT2D eigenvalue weighted by Gasteiger charge is -2.29. The second-order valence-corrected chi connectivity index (χ2v) is 16.7. The Bertz CT molecular complexity index is 3400. The summed E-state index contributed by atoms with van der Waals surface area (Å²) < 4.78 is 5.15. The summed E-state index contributed by atoms with van der Waals surface area (Å²) in [7, 11) is 0. The van der Waals surface area contributed by atoms with Gasteiger partial charge in [0.1, 0.15) is 0 Å². The first-order valence-corrected chi connectivity index (χ1v) is 20.3. The number of hydrogen-bond donors (Lipinski definition) is 0. The molecule has 1 aliphatic rings. The van der Waals surface area contributed by atoms with E-state index in [4.69, 9.17) is 0 Å². The van der Waals surface area contributed by atoms with Crippen LogP contribution in [-0.2, 0) is 5.41 Å². The van der Waals surface area contributed by atoms with Gasteiger partial charge >= 0.3 is 0 Å². The van der Waals surface area contributed by atoms with Crippen LogP contribution < -0.4 is 4.90 Å². The number of hydrogen-bond acceptors (Lipinski definition) is 2. The molecular formula is C53H36N2S. The lowest BCUT2D eigenvalue weighted by molar-refractivity contribution is 0.660. The van der Waals surface area contributed by atoms with Crippen LogP contribution in [0.2, 0.25) is 0 Å². The topological polar surface area (TPSA) is 8.17 Å². The van der Waals surface area contributed by atoms with Gasteiger partial charge in [0.25, 0.3) is 0 Å². The normalized spacial score (nSPS) is 13.3. The zero-order valence-corrected chi connectivity index (χ0v) is 31.9. The van der Waals surface area contributed by atoms with Gasteiger partial charge in [0.15, 0.2) is 0 Å². The molecule has 0 radical (unpaired) electrons. The number of aromatic nitrogens is 1. The second-order valence-electron chi connectivity index (χ2n) is 15.7. The van der Waals surface area contributed by atoms with Crippen molar-refractivity contribution < 1.29 is 0 Å².